The molecule has 156 valence electrons. The molecular weight excluding hydrogens is 413 g/mol. The Kier molecular flexibility index (Phi) is 7.78. The van der Waals surface area contributed by atoms with Crippen molar-refractivity contribution in [1.29, 1.82) is 0 Å². The molecule has 1 aliphatic heterocycles. The summed E-state index contributed by atoms with van der Waals surface area (Å²) < 4.78 is 11.7. The van der Waals surface area contributed by atoms with E-state index >= 15 is 0 Å². The Hall–Kier alpha value is -1.79. The standard InChI is InChI=1S/C22H25Cl2NO4/c1-15(26)19-4-2-3-5-22(19)28-14-16(27)13-25-10-8-17(9-11-25)29-18-6-7-20(23)21(24)12-18/h2-7,12,16-17,27H,8-11,13-14H2,1H3. The normalized spacial score (nSPS) is 16.4. The first-order valence-electron chi connectivity index (χ1n) is 9.67. The van der Waals surface area contributed by atoms with Crippen molar-refractivity contribution in [3.63, 3.8) is 0 Å². The molecule has 0 aliphatic carbocycles. The maximum absolute atomic E-state index is 11.6. The van der Waals surface area contributed by atoms with Crippen LogP contribution >= 0.6 is 23.2 Å². The van der Waals surface area contributed by atoms with Crippen molar-refractivity contribution in [3.8, 4) is 11.5 Å². The van der Waals surface area contributed by atoms with E-state index in [1.54, 1.807) is 30.3 Å². The van der Waals surface area contributed by atoms with Crippen LogP contribution in [0.15, 0.2) is 42.5 Å². The largest absolute Gasteiger partial charge is 0.490 e. The van der Waals surface area contributed by atoms with E-state index in [9.17, 15) is 9.90 Å². The number of halogens is 2. The van der Waals surface area contributed by atoms with Gasteiger partial charge in [0.15, 0.2) is 5.78 Å². The molecule has 0 saturated carbocycles. The minimum absolute atomic E-state index is 0.0564. The number of nitrogens with zero attached hydrogens (tertiary/aromatic N) is 1. The van der Waals surface area contributed by atoms with Crippen LogP contribution in [0, 0.1) is 0 Å². The van der Waals surface area contributed by atoms with Gasteiger partial charge in [-0.15, -0.1) is 0 Å². The summed E-state index contributed by atoms with van der Waals surface area (Å²) >= 11 is 12.0. The summed E-state index contributed by atoms with van der Waals surface area (Å²) in [6.45, 7) is 3.81. The number of aliphatic hydroxyl groups is 1. The number of benzene rings is 2. The molecule has 2 aromatic rings. The number of hydrogen-bond donors (Lipinski definition) is 1. The number of carbonyl (C=O) groups excluding carboxylic acids is 1. The first-order valence-corrected chi connectivity index (χ1v) is 10.4. The maximum atomic E-state index is 11.6. The van der Waals surface area contributed by atoms with Crippen LogP contribution in [0.25, 0.3) is 0 Å². The molecule has 0 spiro atoms. The third kappa shape index (κ3) is 6.34. The number of carbonyl (C=O) groups is 1. The third-order valence-electron chi connectivity index (χ3n) is 4.89. The lowest BCUT2D eigenvalue weighted by molar-refractivity contribution is 0.0399. The summed E-state index contributed by atoms with van der Waals surface area (Å²) in [6.07, 6.45) is 1.20. The SMILES string of the molecule is CC(=O)c1ccccc1OCC(O)CN1CCC(Oc2ccc(Cl)c(Cl)c2)CC1. The first-order chi connectivity index (χ1) is 13.9. The molecule has 1 fully saturated rings. The zero-order chi connectivity index (χ0) is 20.8. The van der Waals surface area contributed by atoms with Gasteiger partial charge in [-0.2, -0.15) is 0 Å². The van der Waals surface area contributed by atoms with Gasteiger partial charge in [0.25, 0.3) is 0 Å². The van der Waals surface area contributed by atoms with E-state index in [4.69, 9.17) is 32.7 Å². The number of ether oxygens (including phenoxy) is 2. The molecule has 5 nitrogen and oxygen atoms in total. The summed E-state index contributed by atoms with van der Waals surface area (Å²) in [5.41, 5.74) is 0.528. The van der Waals surface area contributed by atoms with Gasteiger partial charge in [0.2, 0.25) is 0 Å². The van der Waals surface area contributed by atoms with Crippen molar-refractivity contribution >= 4 is 29.0 Å². The van der Waals surface area contributed by atoms with Gasteiger partial charge in [-0.1, -0.05) is 35.3 Å². The molecular formula is C22H25Cl2NO4. The molecule has 29 heavy (non-hydrogen) atoms. The lowest BCUT2D eigenvalue weighted by Crippen LogP contribution is -2.43. The molecule has 1 atom stereocenters. The van der Waals surface area contributed by atoms with Crippen LogP contribution in [-0.4, -0.2) is 54.2 Å². The highest BCUT2D eigenvalue weighted by Gasteiger charge is 2.23. The Labute approximate surface area is 181 Å². The van der Waals surface area contributed by atoms with E-state index in [0.29, 0.717) is 27.9 Å². The van der Waals surface area contributed by atoms with Gasteiger partial charge >= 0.3 is 0 Å². The summed E-state index contributed by atoms with van der Waals surface area (Å²) in [6, 6.07) is 12.4. The average Bonchev–Trinajstić information content (AvgIpc) is 2.71. The number of β-amino-alcohol motifs (C(OH)–C–C–N with tert-alkyl or cyclic N) is 1. The summed E-state index contributed by atoms with van der Waals surface area (Å²) in [5.74, 6) is 1.17. The van der Waals surface area contributed by atoms with Gasteiger partial charge in [0.1, 0.15) is 30.3 Å². The fourth-order valence-corrected chi connectivity index (χ4v) is 3.66. The zero-order valence-corrected chi connectivity index (χ0v) is 17.8. The monoisotopic (exact) mass is 437 g/mol. The quantitative estimate of drug-likeness (QED) is 0.616. The topological polar surface area (TPSA) is 59.0 Å². The fraction of sp³-hybridized carbons (Fsp3) is 0.409. The summed E-state index contributed by atoms with van der Waals surface area (Å²) in [4.78, 5) is 13.8. The Morgan fingerprint density at radius 1 is 1.17 bits per heavy atom. The average molecular weight is 438 g/mol. The number of ketones is 1. The van der Waals surface area contributed by atoms with Crippen LogP contribution in [0.1, 0.15) is 30.1 Å². The third-order valence-corrected chi connectivity index (χ3v) is 5.63. The van der Waals surface area contributed by atoms with Gasteiger partial charge in [-0.25, -0.2) is 0 Å². The molecule has 0 amide bonds. The first kappa shape index (κ1) is 21.9. The van der Waals surface area contributed by atoms with E-state index < -0.39 is 6.10 Å². The minimum Gasteiger partial charge on any atom is -0.490 e. The van der Waals surface area contributed by atoms with E-state index in [2.05, 4.69) is 4.90 Å². The van der Waals surface area contributed by atoms with Crippen LogP contribution in [0.3, 0.4) is 0 Å². The Morgan fingerprint density at radius 2 is 1.90 bits per heavy atom. The number of Topliss-reactive ketones (excluding diaryl/α,β-unsaturated/α-hetero) is 1. The van der Waals surface area contributed by atoms with E-state index in [0.717, 1.165) is 31.7 Å². The molecule has 0 bridgehead atoms. The van der Waals surface area contributed by atoms with Crippen LogP contribution < -0.4 is 9.47 Å². The highest BCUT2D eigenvalue weighted by molar-refractivity contribution is 6.42. The smallest absolute Gasteiger partial charge is 0.163 e. The second kappa shape index (κ2) is 10.3. The number of hydrogen-bond acceptors (Lipinski definition) is 5. The zero-order valence-electron chi connectivity index (χ0n) is 16.3. The van der Waals surface area contributed by atoms with Crippen molar-refractivity contribution in [3.05, 3.63) is 58.1 Å². The second-order valence-electron chi connectivity index (χ2n) is 7.21. The lowest BCUT2D eigenvalue weighted by Gasteiger charge is -2.33. The predicted octanol–water partition coefficient (Wildman–Crippen LogP) is 4.48. The van der Waals surface area contributed by atoms with Crippen LogP contribution in [-0.2, 0) is 0 Å². The maximum Gasteiger partial charge on any atom is 0.163 e. The minimum atomic E-state index is -0.637. The number of likely N-dealkylation sites (tertiary alicyclic amines) is 1. The summed E-state index contributed by atoms with van der Waals surface area (Å²) in [5, 5.41) is 11.3. The molecule has 1 saturated heterocycles. The van der Waals surface area contributed by atoms with Crippen molar-refractivity contribution in [2.45, 2.75) is 32.0 Å². The molecule has 1 N–H and O–H groups in total. The Balaban J connectivity index is 1.42. The molecule has 1 aliphatic rings. The molecule has 2 aromatic carbocycles. The number of rotatable bonds is 8. The summed E-state index contributed by atoms with van der Waals surface area (Å²) in [7, 11) is 0. The van der Waals surface area contributed by atoms with Crippen LogP contribution in [0.5, 0.6) is 11.5 Å². The number of para-hydroxylation sites is 1. The van der Waals surface area contributed by atoms with Crippen LogP contribution in [0.4, 0.5) is 0 Å². The van der Waals surface area contributed by atoms with Crippen molar-refractivity contribution < 1.29 is 19.4 Å². The lowest BCUT2D eigenvalue weighted by atomic mass is 10.1. The molecule has 7 heteroatoms. The Bertz CT molecular complexity index is 837. The molecule has 1 heterocycles. The van der Waals surface area contributed by atoms with Gasteiger partial charge in [-0.05, 0) is 44.0 Å². The van der Waals surface area contributed by atoms with E-state index in [1.807, 2.05) is 12.1 Å². The molecule has 1 unspecified atom stereocenters. The van der Waals surface area contributed by atoms with Crippen molar-refractivity contribution in [1.82, 2.24) is 4.90 Å². The Morgan fingerprint density at radius 3 is 2.59 bits per heavy atom. The van der Waals surface area contributed by atoms with Gasteiger partial charge in [0.05, 0.1) is 15.6 Å². The van der Waals surface area contributed by atoms with Gasteiger partial charge in [0, 0.05) is 25.7 Å². The fourth-order valence-electron chi connectivity index (χ4n) is 3.37. The second-order valence-corrected chi connectivity index (χ2v) is 8.03. The van der Waals surface area contributed by atoms with E-state index in [-0.39, 0.29) is 18.5 Å². The molecule has 0 radical (unpaired) electrons. The molecule has 3 rings (SSSR count). The predicted molar refractivity (Wildman–Crippen MR) is 115 cm³/mol. The van der Waals surface area contributed by atoms with Gasteiger partial charge in [-0.3, -0.25) is 4.79 Å². The van der Waals surface area contributed by atoms with E-state index in [1.165, 1.54) is 6.92 Å². The van der Waals surface area contributed by atoms with Crippen LogP contribution in [0.2, 0.25) is 10.0 Å². The number of aliphatic hydroxyl groups excluding tert-OH is 1. The van der Waals surface area contributed by atoms with Crippen molar-refractivity contribution in [2.24, 2.45) is 0 Å². The van der Waals surface area contributed by atoms with Crippen molar-refractivity contribution in [2.75, 3.05) is 26.2 Å². The highest BCUT2D eigenvalue weighted by atomic mass is 35.5. The van der Waals surface area contributed by atoms with Gasteiger partial charge < -0.3 is 19.5 Å². The molecule has 0 aromatic heterocycles. The highest BCUT2D eigenvalue weighted by Crippen LogP contribution is 2.28. The number of piperidine rings is 1.